The lowest BCUT2D eigenvalue weighted by Gasteiger charge is -2.07. The number of fused-ring (bicyclic) bond motifs is 1. The quantitative estimate of drug-likeness (QED) is 0.571. The number of benzene rings is 2. The Morgan fingerprint density at radius 1 is 1.19 bits per heavy atom. The van der Waals surface area contributed by atoms with E-state index in [-0.39, 0.29) is 5.97 Å². The van der Waals surface area contributed by atoms with Crippen LogP contribution in [0.2, 0.25) is 0 Å². The standard InChI is InChI=1S/C16H14N2O2S/c1-20-16(19)12-9-11(17)6-7-14(12)21-15-8-10-4-2-3-5-13(10)18-15/h2-9,18H,17H2,1H3. The summed E-state index contributed by atoms with van der Waals surface area (Å²) in [6.07, 6.45) is 0. The number of para-hydroxylation sites is 1. The number of nitrogens with one attached hydrogen (secondary N) is 1. The number of aromatic amines is 1. The van der Waals surface area contributed by atoms with E-state index in [0.717, 1.165) is 20.8 Å². The Balaban J connectivity index is 1.99. The molecule has 0 bridgehead atoms. The number of ether oxygens (including phenoxy) is 1. The van der Waals surface area contributed by atoms with E-state index in [2.05, 4.69) is 11.1 Å². The molecule has 3 aromatic rings. The molecule has 0 saturated heterocycles. The summed E-state index contributed by atoms with van der Waals surface area (Å²) in [5.41, 5.74) is 7.83. The summed E-state index contributed by atoms with van der Waals surface area (Å²) in [5, 5.41) is 2.10. The molecule has 0 saturated carbocycles. The second-order valence-electron chi connectivity index (χ2n) is 4.57. The summed E-state index contributed by atoms with van der Waals surface area (Å²) in [5.74, 6) is -0.388. The van der Waals surface area contributed by atoms with Crippen molar-refractivity contribution >= 4 is 34.3 Å². The van der Waals surface area contributed by atoms with Gasteiger partial charge >= 0.3 is 5.97 Å². The van der Waals surface area contributed by atoms with Crippen molar-refractivity contribution in [2.75, 3.05) is 12.8 Å². The van der Waals surface area contributed by atoms with Crippen LogP contribution >= 0.6 is 11.8 Å². The average Bonchev–Trinajstić information content (AvgIpc) is 2.90. The van der Waals surface area contributed by atoms with Gasteiger partial charge in [-0.05, 0) is 30.3 Å². The van der Waals surface area contributed by atoms with Gasteiger partial charge in [0.15, 0.2) is 0 Å². The van der Waals surface area contributed by atoms with Gasteiger partial charge in [-0.1, -0.05) is 30.0 Å². The first-order valence-electron chi connectivity index (χ1n) is 6.41. The molecule has 0 fully saturated rings. The first-order chi connectivity index (χ1) is 10.2. The molecule has 0 atom stereocenters. The summed E-state index contributed by atoms with van der Waals surface area (Å²) >= 11 is 1.48. The Morgan fingerprint density at radius 3 is 2.76 bits per heavy atom. The zero-order valence-electron chi connectivity index (χ0n) is 11.4. The van der Waals surface area contributed by atoms with Crippen LogP contribution in [0.3, 0.4) is 0 Å². The number of aromatic nitrogens is 1. The van der Waals surface area contributed by atoms with Crippen molar-refractivity contribution < 1.29 is 9.53 Å². The average molecular weight is 298 g/mol. The molecule has 0 spiro atoms. The van der Waals surface area contributed by atoms with E-state index in [1.54, 1.807) is 12.1 Å². The fourth-order valence-corrected chi connectivity index (χ4v) is 3.10. The van der Waals surface area contributed by atoms with Gasteiger partial charge in [-0.2, -0.15) is 0 Å². The van der Waals surface area contributed by atoms with Crippen molar-refractivity contribution in [2.45, 2.75) is 9.92 Å². The van der Waals surface area contributed by atoms with Gasteiger partial charge in [0.05, 0.1) is 17.7 Å². The van der Waals surface area contributed by atoms with Crippen LogP contribution in [-0.4, -0.2) is 18.1 Å². The van der Waals surface area contributed by atoms with Crippen LogP contribution in [0, 0.1) is 0 Å². The van der Waals surface area contributed by atoms with Gasteiger partial charge in [-0.3, -0.25) is 0 Å². The molecule has 0 aliphatic rings. The van der Waals surface area contributed by atoms with Gasteiger partial charge in [0.2, 0.25) is 0 Å². The number of H-pyrrole nitrogens is 1. The minimum atomic E-state index is -0.388. The normalized spacial score (nSPS) is 10.7. The Labute approximate surface area is 126 Å². The molecule has 21 heavy (non-hydrogen) atoms. The second-order valence-corrected chi connectivity index (χ2v) is 5.65. The Kier molecular flexibility index (Phi) is 3.58. The summed E-state index contributed by atoms with van der Waals surface area (Å²) in [4.78, 5) is 16.0. The maximum absolute atomic E-state index is 11.8. The summed E-state index contributed by atoms with van der Waals surface area (Å²) in [6.45, 7) is 0. The lowest BCUT2D eigenvalue weighted by molar-refractivity contribution is 0.0597. The van der Waals surface area contributed by atoms with E-state index < -0.39 is 0 Å². The minimum absolute atomic E-state index is 0.388. The highest BCUT2D eigenvalue weighted by atomic mass is 32.2. The third-order valence-corrected chi connectivity index (χ3v) is 4.15. The molecule has 0 unspecified atom stereocenters. The molecule has 106 valence electrons. The molecule has 0 aliphatic heterocycles. The molecule has 2 aromatic carbocycles. The number of esters is 1. The molecule has 0 aliphatic carbocycles. The van der Waals surface area contributed by atoms with E-state index >= 15 is 0 Å². The molecule has 0 radical (unpaired) electrons. The van der Waals surface area contributed by atoms with Crippen LogP contribution in [0.5, 0.6) is 0 Å². The number of anilines is 1. The lowest BCUT2D eigenvalue weighted by Crippen LogP contribution is -2.04. The van der Waals surface area contributed by atoms with Gasteiger partial charge in [0.1, 0.15) is 0 Å². The van der Waals surface area contributed by atoms with Gasteiger partial charge in [-0.15, -0.1) is 0 Å². The predicted molar refractivity (Wildman–Crippen MR) is 84.6 cm³/mol. The van der Waals surface area contributed by atoms with Crippen molar-refractivity contribution in [2.24, 2.45) is 0 Å². The molecule has 3 rings (SSSR count). The van der Waals surface area contributed by atoms with Gasteiger partial charge in [0.25, 0.3) is 0 Å². The van der Waals surface area contributed by atoms with E-state index in [9.17, 15) is 4.79 Å². The van der Waals surface area contributed by atoms with Crippen LogP contribution in [0.25, 0.3) is 10.9 Å². The monoisotopic (exact) mass is 298 g/mol. The van der Waals surface area contributed by atoms with Gasteiger partial charge in [0, 0.05) is 21.5 Å². The van der Waals surface area contributed by atoms with E-state index in [0.29, 0.717) is 11.3 Å². The van der Waals surface area contributed by atoms with E-state index in [1.807, 2.05) is 30.3 Å². The first kappa shape index (κ1) is 13.6. The highest BCUT2D eigenvalue weighted by Gasteiger charge is 2.14. The number of nitrogens with two attached hydrogens (primary N) is 1. The number of rotatable bonds is 3. The highest BCUT2D eigenvalue weighted by molar-refractivity contribution is 7.99. The van der Waals surface area contributed by atoms with Crippen LogP contribution in [0.1, 0.15) is 10.4 Å². The molecule has 5 heteroatoms. The van der Waals surface area contributed by atoms with Crippen LogP contribution < -0.4 is 5.73 Å². The predicted octanol–water partition coefficient (Wildman–Crippen LogP) is 3.69. The molecular formula is C16H14N2O2S. The Bertz CT molecular complexity index is 778. The second kappa shape index (κ2) is 5.54. The third-order valence-electron chi connectivity index (χ3n) is 3.13. The summed E-state index contributed by atoms with van der Waals surface area (Å²) in [6, 6.07) is 15.3. The molecule has 1 aromatic heterocycles. The van der Waals surface area contributed by atoms with E-state index in [4.69, 9.17) is 10.5 Å². The summed E-state index contributed by atoms with van der Waals surface area (Å²) < 4.78 is 4.81. The molecular weight excluding hydrogens is 284 g/mol. The van der Waals surface area contributed by atoms with Crippen LogP contribution in [-0.2, 0) is 4.74 Å². The fourth-order valence-electron chi connectivity index (χ4n) is 2.13. The number of carbonyl (C=O) groups excluding carboxylic acids is 1. The van der Waals surface area contributed by atoms with Crippen molar-refractivity contribution in [1.29, 1.82) is 0 Å². The first-order valence-corrected chi connectivity index (χ1v) is 7.22. The lowest BCUT2D eigenvalue weighted by atomic mass is 10.2. The van der Waals surface area contributed by atoms with Crippen molar-refractivity contribution in [3.8, 4) is 0 Å². The molecule has 1 heterocycles. The SMILES string of the molecule is COC(=O)c1cc(N)ccc1Sc1cc2ccccc2[nH]1. The van der Waals surface area contributed by atoms with Crippen LogP contribution in [0.4, 0.5) is 5.69 Å². The largest absolute Gasteiger partial charge is 0.465 e. The molecule has 3 N–H and O–H groups in total. The zero-order valence-corrected chi connectivity index (χ0v) is 12.2. The van der Waals surface area contributed by atoms with Crippen molar-refractivity contribution in [3.05, 3.63) is 54.1 Å². The minimum Gasteiger partial charge on any atom is -0.465 e. The topological polar surface area (TPSA) is 68.1 Å². The Morgan fingerprint density at radius 2 is 2.00 bits per heavy atom. The number of hydrogen-bond donors (Lipinski definition) is 2. The van der Waals surface area contributed by atoms with Crippen molar-refractivity contribution in [1.82, 2.24) is 4.98 Å². The number of hydrogen-bond acceptors (Lipinski definition) is 4. The summed E-state index contributed by atoms with van der Waals surface area (Å²) in [7, 11) is 1.36. The highest BCUT2D eigenvalue weighted by Crippen LogP contribution is 2.33. The van der Waals surface area contributed by atoms with E-state index in [1.165, 1.54) is 18.9 Å². The number of nitrogen functional groups attached to an aromatic ring is 1. The Hall–Kier alpha value is -2.40. The molecule has 0 amide bonds. The number of carbonyl (C=O) groups is 1. The fraction of sp³-hybridized carbons (Fsp3) is 0.0625. The number of methoxy groups -OCH3 is 1. The maximum Gasteiger partial charge on any atom is 0.339 e. The third kappa shape index (κ3) is 2.73. The smallest absolute Gasteiger partial charge is 0.339 e. The van der Waals surface area contributed by atoms with Gasteiger partial charge < -0.3 is 15.5 Å². The van der Waals surface area contributed by atoms with Crippen molar-refractivity contribution in [3.63, 3.8) is 0 Å². The maximum atomic E-state index is 11.8. The van der Waals surface area contributed by atoms with Gasteiger partial charge in [-0.25, -0.2) is 4.79 Å². The van der Waals surface area contributed by atoms with Crippen LogP contribution in [0.15, 0.2) is 58.5 Å². The molecule has 4 nitrogen and oxygen atoms in total. The zero-order chi connectivity index (χ0) is 14.8.